The summed E-state index contributed by atoms with van der Waals surface area (Å²) in [4.78, 5) is 16.3. The molecule has 1 amide bonds. The zero-order valence-electron chi connectivity index (χ0n) is 11.7. The molecule has 110 valence electrons. The quantitative estimate of drug-likeness (QED) is 0.754. The molecule has 0 saturated carbocycles. The first-order chi connectivity index (χ1) is 10.2. The van der Waals surface area contributed by atoms with Gasteiger partial charge >= 0.3 is 0 Å². The van der Waals surface area contributed by atoms with Crippen molar-refractivity contribution in [1.82, 2.24) is 4.98 Å². The van der Waals surface area contributed by atoms with Crippen molar-refractivity contribution in [2.24, 2.45) is 0 Å². The number of nitrogens with one attached hydrogen (secondary N) is 2. The fourth-order valence-electron chi connectivity index (χ4n) is 1.79. The van der Waals surface area contributed by atoms with Crippen LogP contribution >= 0.6 is 0 Å². The van der Waals surface area contributed by atoms with Crippen LogP contribution in [0.5, 0.6) is 5.75 Å². The number of benzene rings is 1. The Labute approximate surface area is 122 Å². The van der Waals surface area contributed by atoms with Gasteiger partial charge in [0.2, 0.25) is 0 Å². The molecule has 0 radical (unpaired) electrons. The highest BCUT2D eigenvalue weighted by Crippen LogP contribution is 2.19. The van der Waals surface area contributed by atoms with Gasteiger partial charge in [-0.1, -0.05) is 12.1 Å². The molecule has 0 spiro atoms. The molecule has 1 aromatic heterocycles. The smallest absolute Gasteiger partial charge is 0.259 e. The third-order valence-corrected chi connectivity index (χ3v) is 2.79. The first-order valence-electron chi connectivity index (χ1n) is 6.49. The Bertz CT molecular complexity index is 599. The molecule has 0 saturated heterocycles. The van der Waals surface area contributed by atoms with Gasteiger partial charge in [0.15, 0.2) is 0 Å². The van der Waals surface area contributed by atoms with Crippen LogP contribution in [0.15, 0.2) is 42.6 Å². The zero-order chi connectivity index (χ0) is 15.1. The Morgan fingerprint density at radius 3 is 2.76 bits per heavy atom. The van der Waals surface area contributed by atoms with Gasteiger partial charge in [-0.3, -0.25) is 4.79 Å². The largest absolute Gasteiger partial charge is 0.496 e. The number of aliphatic hydroxyl groups excluding tert-OH is 1. The summed E-state index contributed by atoms with van der Waals surface area (Å²) < 4.78 is 5.16. The fraction of sp³-hybridized carbons (Fsp3) is 0.200. The summed E-state index contributed by atoms with van der Waals surface area (Å²) in [5, 5.41) is 14.4. The van der Waals surface area contributed by atoms with Crippen LogP contribution in [0.4, 0.5) is 11.5 Å². The van der Waals surface area contributed by atoms with Crippen LogP contribution in [0, 0.1) is 0 Å². The Morgan fingerprint density at radius 2 is 2.10 bits per heavy atom. The van der Waals surface area contributed by atoms with Crippen molar-refractivity contribution in [3.05, 3.63) is 48.2 Å². The molecule has 0 aliphatic carbocycles. The van der Waals surface area contributed by atoms with Crippen LogP contribution in [0.1, 0.15) is 10.4 Å². The number of carbonyl (C=O) groups is 1. The van der Waals surface area contributed by atoms with Crippen molar-refractivity contribution in [3.8, 4) is 5.75 Å². The molecule has 0 unspecified atom stereocenters. The SMILES string of the molecule is COc1ccccc1C(=O)Nc1ccc(NCCO)nc1. The predicted octanol–water partition coefficient (Wildman–Crippen LogP) is 1.75. The van der Waals surface area contributed by atoms with Gasteiger partial charge in [-0.25, -0.2) is 4.98 Å². The van der Waals surface area contributed by atoms with Gasteiger partial charge in [0.25, 0.3) is 5.91 Å². The number of nitrogens with zero attached hydrogens (tertiary/aromatic N) is 1. The van der Waals surface area contributed by atoms with E-state index in [1.165, 1.54) is 7.11 Å². The summed E-state index contributed by atoms with van der Waals surface area (Å²) in [5.74, 6) is 0.897. The Balaban J connectivity index is 2.05. The molecule has 0 bridgehead atoms. The zero-order valence-corrected chi connectivity index (χ0v) is 11.7. The van der Waals surface area contributed by atoms with E-state index in [0.717, 1.165) is 0 Å². The van der Waals surface area contributed by atoms with E-state index in [2.05, 4.69) is 15.6 Å². The topological polar surface area (TPSA) is 83.5 Å². The number of hydrogen-bond acceptors (Lipinski definition) is 5. The van der Waals surface area contributed by atoms with E-state index >= 15 is 0 Å². The molecule has 21 heavy (non-hydrogen) atoms. The van der Waals surface area contributed by atoms with Gasteiger partial charge in [0, 0.05) is 6.54 Å². The Kier molecular flexibility index (Phi) is 5.11. The van der Waals surface area contributed by atoms with Gasteiger partial charge in [0.05, 0.1) is 31.2 Å². The third-order valence-electron chi connectivity index (χ3n) is 2.79. The number of carbonyl (C=O) groups excluding carboxylic acids is 1. The van der Waals surface area contributed by atoms with E-state index in [1.54, 1.807) is 42.6 Å². The average Bonchev–Trinajstić information content (AvgIpc) is 2.54. The molecule has 0 aliphatic heterocycles. The van der Waals surface area contributed by atoms with Crippen LogP contribution in [-0.2, 0) is 0 Å². The maximum atomic E-state index is 12.2. The van der Waals surface area contributed by atoms with Crippen LogP contribution < -0.4 is 15.4 Å². The van der Waals surface area contributed by atoms with Crippen molar-refractivity contribution < 1.29 is 14.6 Å². The minimum atomic E-state index is -0.259. The maximum absolute atomic E-state index is 12.2. The summed E-state index contributed by atoms with van der Waals surface area (Å²) in [6, 6.07) is 10.5. The minimum absolute atomic E-state index is 0.0357. The second kappa shape index (κ2) is 7.25. The fourth-order valence-corrected chi connectivity index (χ4v) is 1.79. The van der Waals surface area contributed by atoms with E-state index < -0.39 is 0 Å². The Morgan fingerprint density at radius 1 is 1.29 bits per heavy atom. The van der Waals surface area contributed by atoms with Crippen LogP contribution in [0.2, 0.25) is 0 Å². The highest BCUT2D eigenvalue weighted by molar-refractivity contribution is 6.06. The number of methoxy groups -OCH3 is 1. The number of amides is 1. The van der Waals surface area contributed by atoms with Gasteiger partial charge in [-0.05, 0) is 24.3 Å². The van der Waals surface area contributed by atoms with Crippen LogP contribution in [-0.4, -0.2) is 36.3 Å². The van der Waals surface area contributed by atoms with Crippen molar-refractivity contribution in [1.29, 1.82) is 0 Å². The molecule has 0 atom stereocenters. The van der Waals surface area contributed by atoms with E-state index in [0.29, 0.717) is 29.4 Å². The lowest BCUT2D eigenvalue weighted by Gasteiger charge is -2.09. The van der Waals surface area contributed by atoms with Crippen molar-refractivity contribution in [3.63, 3.8) is 0 Å². The van der Waals surface area contributed by atoms with Crippen molar-refractivity contribution in [2.45, 2.75) is 0 Å². The number of hydrogen-bond donors (Lipinski definition) is 3. The van der Waals surface area contributed by atoms with Gasteiger partial charge in [-0.15, -0.1) is 0 Å². The summed E-state index contributed by atoms with van der Waals surface area (Å²) in [6.45, 7) is 0.466. The van der Waals surface area contributed by atoms with Crippen molar-refractivity contribution >= 4 is 17.4 Å². The molecule has 2 rings (SSSR count). The molecule has 1 heterocycles. The summed E-state index contributed by atoms with van der Waals surface area (Å²) in [7, 11) is 1.52. The maximum Gasteiger partial charge on any atom is 0.259 e. The molecular formula is C15H17N3O3. The summed E-state index contributed by atoms with van der Waals surface area (Å²) in [5.41, 5.74) is 1.04. The summed E-state index contributed by atoms with van der Waals surface area (Å²) in [6.07, 6.45) is 1.55. The van der Waals surface area contributed by atoms with E-state index in [4.69, 9.17) is 9.84 Å². The average molecular weight is 287 g/mol. The molecule has 6 nitrogen and oxygen atoms in total. The van der Waals surface area contributed by atoms with E-state index in [9.17, 15) is 4.79 Å². The minimum Gasteiger partial charge on any atom is -0.496 e. The number of aromatic nitrogens is 1. The predicted molar refractivity (Wildman–Crippen MR) is 80.8 cm³/mol. The number of anilines is 2. The molecule has 2 aromatic rings. The van der Waals surface area contributed by atoms with Crippen LogP contribution in [0.3, 0.4) is 0 Å². The molecule has 0 fully saturated rings. The standard InChI is InChI=1S/C15H17N3O3/c1-21-13-5-3-2-4-12(13)15(20)18-11-6-7-14(17-10-11)16-8-9-19/h2-7,10,19H,8-9H2,1H3,(H,16,17)(H,18,20). The molecule has 6 heteroatoms. The number of rotatable bonds is 6. The molecule has 3 N–H and O–H groups in total. The van der Waals surface area contributed by atoms with Gasteiger partial charge < -0.3 is 20.5 Å². The second-order valence-corrected chi connectivity index (χ2v) is 4.24. The van der Waals surface area contributed by atoms with Crippen LogP contribution in [0.25, 0.3) is 0 Å². The van der Waals surface area contributed by atoms with E-state index in [-0.39, 0.29) is 12.5 Å². The third kappa shape index (κ3) is 3.93. The monoisotopic (exact) mass is 287 g/mol. The number of aliphatic hydroxyl groups is 1. The van der Waals surface area contributed by atoms with Crippen molar-refractivity contribution in [2.75, 3.05) is 30.9 Å². The number of pyridine rings is 1. The Hall–Kier alpha value is -2.60. The molecular weight excluding hydrogens is 270 g/mol. The van der Waals surface area contributed by atoms with Gasteiger partial charge in [0.1, 0.15) is 11.6 Å². The first-order valence-corrected chi connectivity index (χ1v) is 6.49. The van der Waals surface area contributed by atoms with Gasteiger partial charge in [-0.2, -0.15) is 0 Å². The molecule has 1 aromatic carbocycles. The second-order valence-electron chi connectivity index (χ2n) is 4.24. The number of para-hydroxylation sites is 1. The normalized spacial score (nSPS) is 10.0. The highest BCUT2D eigenvalue weighted by atomic mass is 16.5. The first kappa shape index (κ1) is 14.8. The van der Waals surface area contributed by atoms with E-state index in [1.807, 2.05) is 0 Å². The highest BCUT2D eigenvalue weighted by Gasteiger charge is 2.11. The lowest BCUT2D eigenvalue weighted by Crippen LogP contribution is -2.13. The summed E-state index contributed by atoms with van der Waals surface area (Å²) >= 11 is 0. The number of ether oxygens (including phenoxy) is 1. The lowest BCUT2D eigenvalue weighted by atomic mass is 10.2. The molecule has 0 aliphatic rings. The lowest BCUT2D eigenvalue weighted by molar-refractivity contribution is 0.102.